The van der Waals surface area contributed by atoms with Crippen LogP contribution < -0.4 is 10.0 Å². The third kappa shape index (κ3) is 5.04. The van der Waals surface area contributed by atoms with Crippen LogP contribution in [0.15, 0.2) is 29.2 Å². The highest BCUT2D eigenvalue weighted by Crippen LogP contribution is 2.33. The van der Waals surface area contributed by atoms with E-state index in [1.165, 1.54) is 24.3 Å². The van der Waals surface area contributed by atoms with Gasteiger partial charge < -0.3 is 10.4 Å². The first-order valence-corrected chi connectivity index (χ1v) is 10.3. The maximum absolute atomic E-state index is 12.5. The Balaban J connectivity index is 2.12. The molecule has 0 bridgehead atoms. The van der Waals surface area contributed by atoms with Gasteiger partial charge in [-0.25, -0.2) is 13.1 Å². The molecule has 1 aromatic rings. The third-order valence-electron chi connectivity index (χ3n) is 4.82. The van der Waals surface area contributed by atoms with Crippen LogP contribution in [0.2, 0.25) is 0 Å². The second-order valence-corrected chi connectivity index (χ2v) is 8.68. The molecule has 1 aliphatic carbocycles. The number of hydrogen-bond acceptors (Lipinski definition) is 4. The molecular formula is C18H26N2O5S. The fourth-order valence-electron chi connectivity index (χ4n) is 3.20. The highest BCUT2D eigenvalue weighted by atomic mass is 32.2. The van der Waals surface area contributed by atoms with Gasteiger partial charge in [-0.2, -0.15) is 0 Å². The zero-order chi connectivity index (χ0) is 19.4. The Morgan fingerprint density at radius 1 is 1.19 bits per heavy atom. The first kappa shape index (κ1) is 20.4. The zero-order valence-corrected chi connectivity index (χ0v) is 15.9. The maximum Gasteiger partial charge on any atom is 0.305 e. The summed E-state index contributed by atoms with van der Waals surface area (Å²) in [6.45, 7) is 3.67. The minimum atomic E-state index is -3.62. The second kappa shape index (κ2) is 8.18. The predicted octanol–water partition coefficient (Wildman–Crippen LogP) is 2.28. The Bertz CT molecular complexity index is 752. The lowest BCUT2D eigenvalue weighted by Crippen LogP contribution is -2.47. The number of rotatable bonds is 8. The van der Waals surface area contributed by atoms with Gasteiger partial charge in [0.25, 0.3) is 5.91 Å². The van der Waals surface area contributed by atoms with Gasteiger partial charge in [0, 0.05) is 11.6 Å². The van der Waals surface area contributed by atoms with E-state index < -0.39 is 21.5 Å². The molecule has 0 saturated heterocycles. The number of aliphatic carboxylic acids is 1. The predicted molar refractivity (Wildman–Crippen MR) is 97.4 cm³/mol. The number of carbonyl (C=O) groups excluding carboxylic acids is 1. The van der Waals surface area contributed by atoms with Gasteiger partial charge in [-0.3, -0.25) is 9.59 Å². The van der Waals surface area contributed by atoms with Gasteiger partial charge in [-0.05, 0) is 50.5 Å². The average Bonchev–Trinajstić information content (AvgIpc) is 3.01. The molecule has 1 unspecified atom stereocenters. The quantitative estimate of drug-likeness (QED) is 0.638. The van der Waals surface area contributed by atoms with Gasteiger partial charge in [-0.1, -0.05) is 19.8 Å². The minimum Gasteiger partial charge on any atom is -0.481 e. The molecule has 1 fully saturated rings. The molecule has 2 rings (SSSR count). The van der Waals surface area contributed by atoms with Crippen LogP contribution in [0, 0.1) is 0 Å². The van der Waals surface area contributed by atoms with Crippen molar-refractivity contribution in [1.82, 2.24) is 10.0 Å². The van der Waals surface area contributed by atoms with E-state index in [-0.39, 0.29) is 23.3 Å². The number of carboxylic acid groups (broad SMARTS) is 1. The summed E-state index contributed by atoms with van der Waals surface area (Å²) >= 11 is 0. The summed E-state index contributed by atoms with van der Waals surface area (Å²) in [4.78, 5) is 23.7. The summed E-state index contributed by atoms with van der Waals surface area (Å²) in [7, 11) is -3.62. The summed E-state index contributed by atoms with van der Waals surface area (Å²) in [5.74, 6) is -1.32. The minimum absolute atomic E-state index is 0.0930. The lowest BCUT2D eigenvalue weighted by molar-refractivity contribution is -0.138. The highest BCUT2D eigenvalue weighted by Gasteiger charge is 2.37. The smallest absolute Gasteiger partial charge is 0.305 e. The van der Waals surface area contributed by atoms with E-state index in [2.05, 4.69) is 10.0 Å². The number of carboxylic acids is 1. The molecule has 1 saturated carbocycles. The van der Waals surface area contributed by atoms with E-state index in [4.69, 9.17) is 5.11 Å². The van der Waals surface area contributed by atoms with Crippen LogP contribution >= 0.6 is 0 Å². The number of amides is 1. The fourth-order valence-corrected chi connectivity index (χ4v) is 4.53. The molecule has 1 aromatic carbocycles. The molecule has 1 atom stereocenters. The zero-order valence-electron chi connectivity index (χ0n) is 15.1. The Morgan fingerprint density at radius 2 is 1.77 bits per heavy atom. The van der Waals surface area contributed by atoms with Gasteiger partial charge in [0.1, 0.15) is 0 Å². The SMILES string of the molecule is CCC(C)NS(=O)(=O)c1ccc(C(=O)NC2(CC(=O)O)CCCC2)cc1. The van der Waals surface area contributed by atoms with E-state index in [0.29, 0.717) is 24.8 Å². The van der Waals surface area contributed by atoms with E-state index in [1.54, 1.807) is 6.92 Å². The second-order valence-electron chi connectivity index (χ2n) is 6.97. The first-order chi connectivity index (χ1) is 12.2. The van der Waals surface area contributed by atoms with Crippen LogP contribution in [0.5, 0.6) is 0 Å². The molecule has 0 aromatic heterocycles. The van der Waals surface area contributed by atoms with E-state index >= 15 is 0 Å². The molecule has 1 aliphatic rings. The van der Waals surface area contributed by atoms with Crippen molar-refractivity contribution in [2.75, 3.05) is 0 Å². The standard InChI is InChI=1S/C18H26N2O5S/c1-3-13(2)20-26(24,25)15-8-6-14(7-9-15)17(23)19-18(12-16(21)22)10-4-5-11-18/h6-9,13,20H,3-5,10-12H2,1-2H3,(H,19,23)(H,21,22). The largest absolute Gasteiger partial charge is 0.481 e. The third-order valence-corrected chi connectivity index (χ3v) is 6.43. The fraction of sp³-hybridized carbons (Fsp3) is 0.556. The Hall–Kier alpha value is -1.93. The van der Waals surface area contributed by atoms with Crippen LogP contribution in [0.3, 0.4) is 0 Å². The van der Waals surface area contributed by atoms with Crippen molar-refractivity contribution in [2.45, 2.75) is 68.8 Å². The lowest BCUT2D eigenvalue weighted by atomic mass is 9.92. The first-order valence-electron chi connectivity index (χ1n) is 8.84. The summed E-state index contributed by atoms with van der Waals surface area (Å²) in [6.07, 6.45) is 3.60. The summed E-state index contributed by atoms with van der Waals surface area (Å²) < 4.78 is 27.1. The van der Waals surface area contributed by atoms with Crippen molar-refractivity contribution in [3.05, 3.63) is 29.8 Å². The Labute approximate surface area is 154 Å². The monoisotopic (exact) mass is 382 g/mol. The van der Waals surface area contributed by atoms with Crippen molar-refractivity contribution in [2.24, 2.45) is 0 Å². The molecule has 7 nitrogen and oxygen atoms in total. The van der Waals surface area contributed by atoms with Crippen LogP contribution in [0.4, 0.5) is 0 Å². The lowest BCUT2D eigenvalue weighted by Gasteiger charge is -2.28. The topological polar surface area (TPSA) is 113 Å². The van der Waals surface area contributed by atoms with E-state index in [9.17, 15) is 18.0 Å². The van der Waals surface area contributed by atoms with Gasteiger partial charge >= 0.3 is 5.97 Å². The van der Waals surface area contributed by atoms with E-state index in [0.717, 1.165) is 12.8 Å². The molecule has 0 spiro atoms. The van der Waals surface area contributed by atoms with Crippen molar-refractivity contribution >= 4 is 21.9 Å². The molecule has 0 radical (unpaired) electrons. The van der Waals surface area contributed by atoms with Crippen molar-refractivity contribution in [3.8, 4) is 0 Å². The van der Waals surface area contributed by atoms with Crippen LogP contribution in [-0.2, 0) is 14.8 Å². The van der Waals surface area contributed by atoms with Crippen LogP contribution in [-0.4, -0.2) is 37.0 Å². The normalized spacial score (nSPS) is 17.6. The average molecular weight is 382 g/mol. The summed E-state index contributed by atoms with van der Waals surface area (Å²) in [6, 6.07) is 5.49. The summed E-state index contributed by atoms with van der Waals surface area (Å²) in [5.41, 5.74) is -0.407. The maximum atomic E-state index is 12.5. The van der Waals surface area contributed by atoms with Gasteiger partial charge in [-0.15, -0.1) is 0 Å². The van der Waals surface area contributed by atoms with Crippen molar-refractivity contribution in [3.63, 3.8) is 0 Å². The van der Waals surface area contributed by atoms with Crippen molar-refractivity contribution < 1.29 is 23.1 Å². The van der Waals surface area contributed by atoms with Gasteiger partial charge in [0.2, 0.25) is 10.0 Å². The molecule has 26 heavy (non-hydrogen) atoms. The van der Waals surface area contributed by atoms with Gasteiger partial charge in [0.05, 0.1) is 16.9 Å². The van der Waals surface area contributed by atoms with E-state index in [1.807, 2.05) is 6.92 Å². The molecule has 144 valence electrons. The van der Waals surface area contributed by atoms with Crippen molar-refractivity contribution in [1.29, 1.82) is 0 Å². The molecule has 1 amide bonds. The van der Waals surface area contributed by atoms with Crippen LogP contribution in [0.25, 0.3) is 0 Å². The molecular weight excluding hydrogens is 356 g/mol. The summed E-state index contributed by atoms with van der Waals surface area (Å²) in [5, 5.41) is 12.0. The number of carbonyl (C=O) groups is 2. The number of hydrogen-bond donors (Lipinski definition) is 3. The number of nitrogens with one attached hydrogen (secondary N) is 2. The number of benzene rings is 1. The molecule has 0 aliphatic heterocycles. The molecule has 0 heterocycles. The highest BCUT2D eigenvalue weighted by molar-refractivity contribution is 7.89. The molecule has 8 heteroatoms. The van der Waals surface area contributed by atoms with Crippen LogP contribution in [0.1, 0.15) is 62.7 Å². The Morgan fingerprint density at radius 3 is 2.27 bits per heavy atom. The molecule has 3 N–H and O–H groups in total. The Kier molecular flexibility index (Phi) is 6.41. The number of sulfonamides is 1. The van der Waals surface area contributed by atoms with Gasteiger partial charge in [0.15, 0.2) is 0 Å².